The van der Waals surface area contributed by atoms with Gasteiger partial charge in [0, 0.05) is 44.5 Å². The molecule has 0 radical (unpaired) electrons. The van der Waals surface area contributed by atoms with Crippen LogP contribution in [0.25, 0.3) is 61.7 Å². The summed E-state index contributed by atoms with van der Waals surface area (Å²) in [5.74, 6) is 2.98. The molecule has 3 heterocycles. The molecular weight excluding hydrogens is 659 g/mol. The van der Waals surface area contributed by atoms with Gasteiger partial charge < -0.3 is 13.9 Å². The van der Waals surface area contributed by atoms with Crippen LogP contribution in [-0.4, -0.2) is 19.5 Å². The number of benzene rings is 7. The zero-order valence-corrected chi connectivity index (χ0v) is 28.7. The van der Waals surface area contributed by atoms with Gasteiger partial charge in [-0.2, -0.15) is 0 Å². The SMILES string of the molecule is O=P1(c2ccccc2)c2ccccc2Oc2cc3c(cc21)c1cc(-c2nc(-c4ccccc4)nc(-c4ccccc4)n2)ccc1n3-c1ccccc1. The van der Waals surface area contributed by atoms with Crippen LogP contribution in [0.3, 0.4) is 0 Å². The van der Waals surface area contributed by atoms with Crippen molar-refractivity contribution in [2.75, 3.05) is 0 Å². The van der Waals surface area contributed by atoms with Crippen LogP contribution >= 0.6 is 7.14 Å². The molecule has 10 rings (SSSR count). The molecule has 6 nitrogen and oxygen atoms in total. The van der Waals surface area contributed by atoms with Crippen molar-refractivity contribution < 1.29 is 9.30 Å². The summed E-state index contributed by atoms with van der Waals surface area (Å²) in [4.78, 5) is 14.9. The second-order valence-corrected chi connectivity index (χ2v) is 15.5. The number of fused-ring (bicyclic) bond motifs is 5. The van der Waals surface area contributed by atoms with Gasteiger partial charge in [-0.15, -0.1) is 0 Å². The number of rotatable bonds is 5. The summed E-state index contributed by atoms with van der Waals surface area (Å²) in [6.45, 7) is 0. The highest BCUT2D eigenvalue weighted by Gasteiger charge is 2.39. The molecule has 0 fully saturated rings. The van der Waals surface area contributed by atoms with Crippen LogP contribution in [0.2, 0.25) is 0 Å². The molecule has 0 spiro atoms. The van der Waals surface area contributed by atoms with Gasteiger partial charge in [0.25, 0.3) is 0 Å². The Morgan fingerprint density at radius 2 is 0.981 bits per heavy atom. The van der Waals surface area contributed by atoms with Crippen molar-refractivity contribution in [1.29, 1.82) is 0 Å². The lowest BCUT2D eigenvalue weighted by Crippen LogP contribution is -2.30. The molecular formula is C45H29N4O2P. The van der Waals surface area contributed by atoms with Crippen molar-refractivity contribution in [3.8, 4) is 51.3 Å². The molecule has 1 aliphatic heterocycles. The predicted molar refractivity (Wildman–Crippen MR) is 210 cm³/mol. The molecule has 9 aromatic rings. The highest BCUT2D eigenvalue weighted by atomic mass is 31.2. The highest BCUT2D eigenvalue weighted by Crippen LogP contribution is 2.53. The van der Waals surface area contributed by atoms with Crippen LogP contribution in [0.4, 0.5) is 0 Å². The third kappa shape index (κ3) is 4.80. The van der Waals surface area contributed by atoms with Crippen molar-refractivity contribution in [3.05, 3.63) is 176 Å². The number of aromatic nitrogens is 4. The molecule has 0 N–H and O–H groups in total. The largest absolute Gasteiger partial charge is 0.456 e. The molecule has 0 amide bonds. The fourth-order valence-electron chi connectivity index (χ4n) is 7.26. The molecule has 246 valence electrons. The maximum atomic E-state index is 15.7. The van der Waals surface area contributed by atoms with Crippen LogP contribution < -0.4 is 20.7 Å². The smallest absolute Gasteiger partial charge is 0.178 e. The van der Waals surface area contributed by atoms with Crippen molar-refractivity contribution in [1.82, 2.24) is 19.5 Å². The molecule has 0 bridgehead atoms. The Morgan fingerprint density at radius 1 is 0.442 bits per heavy atom. The van der Waals surface area contributed by atoms with Gasteiger partial charge >= 0.3 is 0 Å². The number of para-hydroxylation sites is 2. The molecule has 7 heteroatoms. The fraction of sp³-hybridized carbons (Fsp3) is 0. The summed E-state index contributed by atoms with van der Waals surface area (Å²) in [5, 5.41) is 4.10. The average molecular weight is 689 g/mol. The standard InChI is InChI=1S/C45H29N4O2P/c50-52(34-21-11-4-12-22-34)41-24-14-13-23-39(41)51-40-29-38-36(28-42(40)52)35-27-32(25-26-37(35)49(38)33-19-9-3-10-20-33)45-47-43(30-15-5-1-6-16-30)46-44(48-45)31-17-7-2-8-18-31/h1-29H. The van der Waals surface area contributed by atoms with Crippen molar-refractivity contribution >= 4 is 44.9 Å². The van der Waals surface area contributed by atoms with Crippen LogP contribution in [0.1, 0.15) is 0 Å². The van der Waals surface area contributed by atoms with Crippen LogP contribution in [0.5, 0.6) is 11.5 Å². The van der Waals surface area contributed by atoms with Gasteiger partial charge in [0.1, 0.15) is 11.5 Å². The van der Waals surface area contributed by atoms with Gasteiger partial charge in [-0.3, -0.25) is 0 Å². The third-order valence-corrected chi connectivity index (χ3v) is 12.8. The monoisotopic (exact) mass is 688 g/mol. The van der Waals surface area contributed by atoms with E-state index in [9.17, 15) is 0 Å². The quantitative estimate of drug-likeness (QED) is 0.169. The maximum absolute atomic E-state index is 15.7. The van der Waals surface area contributed by atoms with E-state index in [2.05, 4.69) is 41.0 Å². The molecule has 0 saturated carbocycles. The molecule has 52 heavy (non-hydrogen) atoms. The lowest BCUT2D eigenvalue weighted by atomic mass is 10.1. The second-order valence-electron chi connectivity index (χ2n) is 12.8. The highest BCUT2D eigenvalue weighted by molar-refractivity contribution is 7.85. The third-order valence-electron chi connectivity index (χ3n) is 9.70. The number of hydrogen-bond donors (Lipinski definition) is 0. The summed E-state index contributed by atoms with van der Waals surface area (Å²) in [7, 11) is -3.31. The summed E-state index contributed by atoms with van der Waals surface area (Å²) in [5.41, 5.74) is 5.63. The summed E-state index contributed by atoms with van der Waals surface area (Å²) >= 11 is 0. The fourth-order valence-corrected chi connectivity index (χ4v) is 10.1. The topological polar surface area (TPSA) is 69.9 Å². The first-order valence-electron chi connectivity index (χ1n) is 17.1. The van der Waals surface area contributed by atoms with E-state index in [0.29, 0.717) is 39.6 Å². The second kappa shape index (κ2) is 12.0. The lowest BCUT2D eigenvalue weighted by molar-refractivity contribution is 0.486. The Labute approximate surface area is 300 Å². The van der Waals surface area contributed by atoms with Crippen LogP contribution in [0.15, 0.2) is 176 Å². The van der Waals surface area contributed by atoms with E-state index < -0.39 is 7.14 Å². The van der Waals surface area contributed by atoms with Crippen molar-refractivity contribution in [3.63, 3.8) is 0 Å². The molecule has 1 unspecified atom stereocenters. The molecule has 1 aliphatic rings. The Hall–Kier alpha value is -6.62. The van der Waals surface area contributed by atoms with Gasteiger partial charge in [-0.05, 0) is 48.5 Å². The van der Waals surface area contributed by atoms with Gasteiger partial charge in [-0.25, -0.2) is 15.0 Å². The molecule has 2 aromatic heterocycles. The minimum absolute atomic E-state index is 0.570. The van der Waals surface area contributed by atoms with Gasteiger partial charge in [0.15, 0.2) is 24.6 Å². The Bertz CT molecular complexity index is 2780. The molecule has 7 aromatic carbocycles. The van der Waals surface area contributed by atoms with Crippen molar-refractivity contribution in [2.45, 2.75) is 0 Å². The van der Waals surface area contributed by atoms with E-state index in [4.69, 9.17) is 19.7 Å². The lowest BCUT2D eigenvalue weighted by Gasteiger charge is -2.29. The first-order chi connectivity index (χ1) is 25.6. The summed E-state index contributed by atoms with van der Waals surface area (Å²) in [6, 6.07) is 58.2. The van der Waals surface area contributed by atoms with E-state index in [1.165, 1.54) is 0 Å². The number of nitrogens with zero attached hydrogens (tertiary/aromatic N) is 4. The van der Waals surface area contributed by atoms with E-state index in [1.807, 2.05) is 140 Å². The van der Waals surface area contributed by atoms with E-state index >= 15 is 4.57 Å². The van der Waals surface area contributed by atoms with Crippen LogP contribution in [0, 0.1) is 0 Å². The molecule has 0 saturated heterocycles. The first-order valence-corrected chi connectivity index (χ1v) is 18.8. The minimum Gasteiger partial charge on any atom is -0.456 e. The number of hydrogen-bond acceptors (Lipinski definition) is 5. The Kier molecular flexibility index (Phi) is 6.98. The zero-order valence-electron chi connectivity index (χ0n) is 27.8. The number of ether oxygens (including phenoxy) is 1. The van der Waals surface area contributed by atoms with E-state index in [0.717, 1.165) is 49.5 Å². The van der Waals surface area contributed by atoms with E-state index in [-0.39, 0.29) is 0 Å². The van der Waals surface area contributed by atoms with Crippen molar-refractivity contribution in [2.24, 2.45) is 0 Å². The minimum atomic E-state index is -3.31. The zero-order chi connectivity index (χ0) is 34.6. The van der Waals surface area contributed by atoms with E-state index in [1.54, 1.807) is 0 Å². The van der Waals surface area contributed by atoms with Gasteiger partial charge in [-0.1, -0.05) is 121 Å². The summed E-state index contributed by atoms with van der Waals surface area (Å²) < 4.78 is 24.5. The van der Waals surface area contributed by atoms with Gasteiger partial charge in [0.2, 0.25) is 0 Å². The first kappa shape index (κ1) is 30.2. The molecule has 1 atom stereocenters. The molecule has 0 aliphatic carbocycles. The van der Waals surface area contributed by atoms with Gasteiger partial charge in [0.05, 0.1) is 21.6 Å². The van der Waals surface area contributed by atoms with Crippen LogP contribution in [-0.2, 0) is 4.57 Å². The average Bonchev–Trinajstić information content (AvgIpc) is 3.54. The summed E-state index contributed by atoms with van der Waals surface area (Å²) in [6.07, 6.45) is 0. The Balaban J connectivity index is 1.25. The maximum Gasteiger partial charge on any atom is 0.178 e. The predicted octanol–water partition coefficient (Wildman–Crippen LogP) is 9.71. The Morgan fingerprint density at radius 3 is 1.63 bits per heavy atom. The normalized spacial score (nSPS) is 14.8.